The van der Waals surface area contributed by atoms with Crippen LogP contribution >= 0.6 is 0 Å². The van der Waals surface area contributed by atoms with Gasteiger partial charge in [0.1, 0.15) is 0 Å². The first-order valence-corrected chi connectivity index (χ1v) is 0.612. The molecule has 0 atom stereocenters. The second-order valence-corrected chi connectivity index (χ2v) is 0.0833. The van der Waals surface area contributed by atoms with Crippen LogP contribution in [-0.2, 0) is 14.4 Å². The molecule has 0 bridgehead atoms. The fourth-order valence-electron chi connectivity index (χ4n) is 0. The van der Waals surface area contributed by atoms with E-state index in [4.69, 9.17) is 14.4 Å². The molecule has 0 unspecified atom stereocenters. The van der Waals surface area contributed by atoms with Crippen molar-refractivity contribution in [2.75, 3.05) is 0 Å². The van der Waals surface area contributed by atoms with E-state index in [1.165, 1.54) is 0 Å². The SMILES string of the molecule is O=C=O.[C]=O.[He].[N]. The van der Waals surface area contributed by atoms with Gasteiger partial charge in [-0.25, -0.2) is 0 Å². The van der Waals surface area contributed by atoms with Crippen LogP contribution in [0.15, 0.2) is 0 Å². The molecular formula is C2HeNO3. The first-order chi connectivity index (χ1) is 2.41. The van der Waals surface area contributed by atoms with E-state index in [-0.39, 0.29) is 18.5 Å². The number of hydrogen-bond acceptors (Lipinski definition) is 3. The zero-order valence-electron chi connectivity index (χ0n) is 3.38. The van der Waals surface area contributed by atoms with Crippen molar-refractivity contribution in [1.82, 2.24) is 6.15 Å². The van der Waals surface area contributed by atoms with Crippen molar-refractivity contribution < 1.29 is 20.5 Å². The number of carbonyl (C=O) groups excluding carboxylic acids is 3. The quantitative estimate of drug-likeness (QED) is 0.364. The van der Waals surface area contributed by atoms with E-state index in [0.29, 0.717) is 0 Å². The Morgan fingerprint density at radius 1 is 1.14 bits per heavy atom. The molecule has 0 aliphatic rings. The summed E-state index contributed by atoms with van der Waals surface area (Å²) in [6.07, 6.45) is 0.250. The van der Waals surface area contributed by atoms with Gasteiger partial charge in [0.25, 0.3) is 6.79 Å². The molecule has 0 amide bonds. The Kier molecular flexibility index (Phi) is 64100. The average molecular weight is 90.0 g/mol. The van der Waals surface area contributed by atoms with Gasteiger partial charge in [0.15, 0.2) is 0 Å². The molecule has 0 saturated heterocycles. The molecule has 0 N–H and O–H groups in total. The third-order valence-electron chi connectivity index (χ3n) is 0. The summed E-state index contributed by atoms with van der Waals surface area (Å²) in [4.78, 5) is 23.8. The van der Waals surface area contributed by atoms with Crippen molar-refractivity contribution in [2.45, 2.75) is 0 Å². The molecule has 7 heavy (non-hydrogen) atoms. The van der Waals surface area contributed by atoms with Crippen molar-refractivity contribution >= 4 is 12.9 Å². The fourth-order valence-corrected chi connectivity index (χ4v) is 0. The summed E-state index contributed by atoms with van der Waals surface area (Å²) in [7, 11) is 0. The molecule has 0 saturated carbocycles. The molecule has 0 fully saturated rings. The van der Waals surface area contributed by atoms with E-state index in [2.05, 4.69) is 6.79 Å². The van der Waals surface area contributed by atoms with E-state index in [1.54, 1.807) is 0 Å². The van der Waals surface area contributed by atoms with Crippen molar-refractivity contribution in [3.05, 3.63) is 0 Å². The van der Waals surface area contributed by atoms with Crippen molar-refractivity contribution in [3.8, 4) is 0 Å². The molecule has 5 radical (unpaired) electrons. The summed E-state index contributed by atoms with van der Waals surface area (Å²) in [5.41, 5.74) is 0. The van der Waals surface area contributed by atoms with Gasteiger partial charge in [0.2, 0.25) is 0 Å². The second kappa shape index (κ2) is 11500. The van der Waals surface area contributed by atoms with E-state index < -0.39 is 0 Å². The summed E-state index contributed by atoms with van der Waals surface area (Å²) < 4.78 is 0. The molecule has 0 aliphatic carbocycles. The van der Waals surface area contributed by atoms with Gasteiger partial charge >= 0.3 is 6.15 Å². The Morgan fingerprint density at radius 2 is 1.14 bits per heavy atom. The van der Waals surface area contributed by atoms with Crippen LogP contribution in [0.2, 0.25) is 0 Å². The standard InChI is InChI=1S/CO2.CO.He.N/c2-1-3;1-2;;. The summed E-state index contributed by atoms with van der Waals surface area (Å²) in [6.45, 7) is 4.50. The van der Waals surface area contributed by atoms with Gasteiger partial charge in [-0.1, -0.05) is 0 Å². The number of nitrogens with zero attached hydrogens (tertiary/aromatic N) is 1. The molecule has 5 heteroatoms. The van der Waals surface area contributed by atoms with Gasteiger partial charge < -0.3 is 0 Å². The smallest absolute Gasteiger partial charge is 0.281 e. The molecule has 33 valence electrons. The van der Waals surface area contributed by atoms with Gasteiger partial charge in [-0.2, -0.15) is 9.59 Å². The molecule has 0 heterocycles. The van der Waals surface area contributed by atoms with Crippen LogP contribution in [0.25, 0.3) is 0 Å². The van der Waals surface area contributed by atoms with Gasteiger partial charge in [-0.05, 0) is 0 Å². The molecule has 0 aromatic rings. The van der Waals surface area contributed by atoms with Crippen LogP contribution in [0.4, 0.5) is 0 Å². The van der Waals surface area contributed by atoms with Crippen molar-refractivity contribution in [2.24, 2.45) is 0 Å². The molecule has 0 aliphatic heterocycles. The maximum Gasteiger partial charge on any atom is 0.373 e. The largest absolute Gasteiger partial charge is 0.373 e. The summed E-state index contributed by atoms with van der Waals surface area (Å²) in [6, 6.07) is 0. The Balaban J connectivity index is -0.0000000105. The molecule has 4 nitrogen and oxygen atoms in total. The van der Waals surface area contributed by atoms with E-state index in [9.17, 15) is 0 Å². The minimum atomic E-state index is 0. The topological polar surface area (TPSA) is 81.7 Å². The van der Waals surface area contributed by atoms with Gasteiger partial charge in [0.05, 0.1) is 0 Å². The van der Waals surface area contributed by atoms with Crippen LogP contribution in [0.3, 0.4) is 0 Å². The second-order valence-electron chi connectivity index (χ2n) is 0.0833. The first kappa shape index (κ1) is 38.9. The molecule has 0 aromatic carbocycles. The van der Waals surface area contributed by atoms with Crippen LogP contribution in [0.5, 0.6) is 0 Å². The minimum absolute atomic E-state index is 0. The van der Waals surface area contributed by atoms with E-state index >= 15 is 0 Å². The predicted octanol–water partition coefficient (Wildman–Crippen LogP) is -1.46. The van der Waals surface area contributed by atoms with Crippen molar-refractivity contribution in [1.29, 1.82) is 0 Å². The fraction of sp³-hybridized carbons (Fsp3) is 0. The van der Waals surface area contributed by atoms with E-state index in [0.717, 1.165) is 0 Å². The number of hydrogen-bond donors (Lipinski definition) is 0. The van der Waals surface area contributed by atoms with Crippen LogP contribution < -0.4 is 6.15 Å². The summed E-state index contributed by atoms with van der Waals surface area (Å²) in [5.74, 6) is 0. The molecule has 0 spiro atoms. The predicted molar refractivity (Wildman–Crippen MR) is 12.8 cm³/mol. The normalized spacial score (nSPS) is 1.71. The maximum atomic E-state index is 8.12. The summed E-state index contributed by atoms with van der Waals surface area (Å²) in [5, 5.41) is 0. The van der Waals surface area contributed by atoms with Crippen molar-refractivity contribution in [3.63, 3.8) is 0 Å². The van der Waals surface area contributed by atoms with E-state index in [1.807, 2.05) is 0 Å². The summed E-state index contributed by atoms with van der Waals surface area (Å²) >= 11 is 0. The minimum Gasteiger partial charge on any atom is -0.281 e. The van der Waals surface area contributed by atoms with Gasteiger partial charge in [0, 0.05) is 12.3 Å². The Hall–Kier alpha value is -1.08. The molecule has 0 rings (SSSR count). The zero-order valence-corrected chi connectivity index (χ0v) is 3.38. The third-order valence-corrected chi connectivity index (χ3v) is 0. The molecule has 0 aromatic heterocycles. The first-order valence-electron chi connectivity index (χ1n) is 0.612. The number of rotatable bonds is 0. The zero-order chi connectivity index (χ0) is 4.71. The monoisotopic (exact) mass is 90.0 g/mol. The Morgan fingerprint density at radius 3 is 1.14 bits per heavy atom. The van der Waals surface area contributed by atoms with Gasteiger partial charge in [-0.3, -0.25) is 4.79 Å². The molecular weight excluding hydrogens is 90.0 g/mol. The third kappa shape index (κ3) is 35.9. The van der Waals surface area contributed by atoms with Gasteiger partial charge in [-0.15, -0.1) is 0 Å². The average Bonchev–Trinajstić information content (AvgIpc) is 1.46. The Labute approximate surface area is 40.9 Å². The van der Waals surface area contributed by atoms with Crippen LogP contribution in [0, 0.1) is 6.15 Å². The van der Waals surface area contributed by atoms with Crippen LogP contribution in [0.1, 0.15) is 0 Å². The Bertz CT molecular complexity index is 42.2. The maximum absolute atomic E-state index is 8.12. The van der Waals surface area contributed by atoms with Crippen LogP contribution in [-0.4, -0.2) is 12.9 Å².